The van der Waals surface area contributed by atoms with E-state index in [4.69, 9.17) is 0 Å². The van der Waals surface area contributed by atoms with Crippen LogP contribution in [-0.4, -0.2) is 24.5 Å². The Balaban J connectivity index is 3.74. The summed E-state index contributed by atoms with van der Waals surface area (Å²) in [6.45, 7) is 11.0. The van der Waals surface area contributed by atoms with Gasteiger partial charge in [-0.3, -0.25) is 0 Å². The van der Waals surface area contributed by atoms with E-state index in [1.165, 1.54) is 129 Å². The quantitative estimate of drug-likeness (QED) is 0.203. The summed E-state index contributed by atoms with van der Waals surface area (Å²) < 4.78 is 0. The molecule has 0 radical (unpaired) electrons. The average Bonchev–Trinajstić information content (AvgIpc) is 2.60. The molecule has 0 aromatic carbocycles. The Hall–Kier alpha value is -0.0400. The Bertz CT molecular complexity index is 198. The normalized spacial score (nSPS) is 11.5. The molecular formula is C23H49N. The van der Waals surface area contributed by atoms with Crippen LogP contribution >= 0.6 is 0 Å². The van der Waals surface area contributed by atoms with E-state index in [-0.39, 0.29) is 0 Å². The summed E-state index contributed by atoms with van der Waals surface area (Å²) in [4.78, 5) is 2.78. The molecule has 0 unspecified atom stereocenters. The Kier molecular flexibility index (Phi) is 21.0. The zero-order chi connectivity index (χ0) is 17.7. The van der Waals surface area contributed by atoms with Crippen LogP contribution in [0.2, 0.25) is 0 Å². The summed E-state index contributed by atoms with van der Waals surface area (Å²) in [6, 6.07) is 0. The van der Waals surface area contributed by atoms with Crippen LogP contribution in [-0.2, 0) is 0 Å². The summed E-state index contributed by atoms with van der Waals surface area (Å²) in [7, 11) is 0. The number of nitrogens with zero attached hydrogens (tertiary/aromatic N) is 1. The molecule has 0 amide bonds. The van der Waals surface area contributed by atoms with Crippen molar-refractivity contribution in [1.29, 1.82) is 0 Å². The van der Waals surface area contributed by atoms with Crippen molar-refractivity contribution in [3.8, 4) is 0 Å². The largest absolute Gasteiger partial charge is 0.303 e. The van der Waals surface area contributed by atoms with Crippen LogP contribution in [0.1, 0.15) is 130 Å². The van der Waals surface area contributed by atoms with Crippen LogP contribution in [0.4, 0.5) is 0 Å². The Labute approximate surface area is 155 Å². The minimum Gasteiger partial charge on any atom is -0.303 e. The van der Waals surface area contributed by atoms with Crippen molar-refractivity contribution >= 4 is 0 Å². The molecule has 146 valence electrons. The number of unbranched alkanes of at least 4 members (excludes halogenated alkanes) is 14. The van der Waals surface area contributed by atoms with Crippen molar-refractivity contribution in [3.05, 3.63) is 0 Å². The van der Waals surface area contributed by atoms with Gasteiger partial charge in [-0.2, -0.15) is 0 Å². The maximum Gasteiger partial charge on any atom is -0.00187 e. The van der Waals surface area contributed by atoms with Gasteiger partial charge in [-0.1, -0.05) is 111 Å². The van der Waals surface area contributed by atoms with Crippen molar-refractivity contribution < 1.29 is 0 Å². The second-order valence-corrected chi connectivity index (χ2v) is 7.79. The highest BCUT2D eigenvalue weighted by Crippen LogP contribution is 2.10. The number of hydrogen-bond donors (Lipinski definition) is 0. The Morgan fingerprint density at radius 2 is 0.583 bits per heavy atom. The summed E-state index contributed by atoms with van der Waals surface area (Å²) in [6.07, 6.45) is 24.2. The van der Waals surface area contributed by atoms with E-state index in [0.29, 0.717) is 0 Å². The molecule has 24 heavy (non-hydrogen) atoms. The smallest absolute Gasteiger partial charge is 0.00187 e. The maximum absolute atomic E-state index is 2.78. The molecule has 0 saturated carbocycles. The lowest BCUT2D eigenvalue weighted by Gasteiger charge is -2.22. The lowest BCUT2D eigenvalue weighted by molar-refractivity contribution is 0.254. The molecule has 0 saturated heterocycles. The van der Waals surface area contributed by atoms with Gasteiger partial charge in [-0.05, 0) is 38.9 Å². The van der Waals surface area contributed by atoms with Crippen LogP contribution in [0.3, 0.4) is 0 Å². The molecule has 0 N–H and O–H groups in total. The first-order chi connectivity index (χ1) is 11.8. The maximum atomic E-state index is 2.78. The van der Waals surface area contributed by atoms with Crippen molar-refractivity contribution in [3.63, 3.8) is 0 Å². The van der Waals surface area contributed by atoms with Crippen molar-refractivity contribution in [2.45, 2.75) is 130 Å². The predicted molar refractivity (Wildman–Crippen MR) is 112 cm³/mol. The van der Waals surface area contributed by atoms with E-state index in [9.17, 15) is 0 Å². The highest BCUT2D eigenvalue weighted by molar-refractivity contribution is 4.60. The van der Waals surface area contributed by atoms with E-state index in [2.05, 4.69) is 25.7 Å². The van der Waals surface area contributed by atoms with Crippen molar-refractivity contribution in [1.82, 2.24) is 4.90 Å². The van der Waals surface area contributed by atoms with Gasteiger partial charge in [0.2, 0.25) is 0 Å². The van der Waals surface area contributed by atoms with Crippen LogP contribution in [0.25, 0.3) is 0 Å². The van der Waals surface area contributed by atoms with Gasteiger partial charge in [-0.25, -0.2) is 0 Å². The van der Waals surface area contributed by atoms with Gasteiger partial charge in [0.25, 0.3) is 0 Å². The summed E-state index contributed by atoms with van der Waals surface area (Å²) >= 11 is 0. The van der Waals surface area contributed by atoms with Gasteiger partial charge >= 0.3 is 0 Å². The standard InChI is InChI=1S/C23H49N/c1-4-7-10-13-16-19-22-24(21-18-15-12-9-6-3)23-20-17-14-11-8-5-2/h4-23H2,1-3H3. The fraction of sp³-hybridized carbons (Fsp3) is 1.00. The van der Waals surface area contributed by atoms with Crippen molar-refractivity contribution in [2.75, 3.05) is 19.6 Å². The molecule has 0 aliphatic heterocycles. The Morgan fingerprint density at radius 1 is 0.333 bits per heavy atom. The first-order valence-electron chi connectivity index (χ1n) is 11.6. The molecule has 0 aliphatic carbocycles. The Morgan fingerprint density at radius 3 is 0.875 bits per heavy atom. The van der Waals surface area contributed by atoms with E-state index < -0.39 is 0 Å². The molecule has 0 aromatic rings. The molecule has 0 spiro atoms. The minimum atomic E-state index is 1.35. The topological polar surface area (TPSA) is 3.24 Å². The molecule has 0 heterocycles. The van der Waals surface area contributed by atoms with Gasteiger partial charge in [0.1, 0.15) is 0 Å². The van der Waals surface area contributed by atoms with Crippen LogP contribution < -0.4 is 0 Å². The highest BCUT2D eigenvalue weighted by Gasteiger charge is 2.04. The second-order valence-electron chi connectivity index (χ2n) is 7.79. The average molecular weight is 340 g/mol. The first-order valence-corrected chi connectivity index (χ1v) is 11.6. The minimum absolute atomic E-state index is 1.35. The third-order valence-corrected chi connectivity index (χ3v) is 5.23. The van der Waals surface area contributed by atoms with E-state index in [1.54, 1.807) is 0 Å². The lowest BCUT2D eigenvalue weighted by atomic mass is 10.1. The first kappa shape index (κ1) is 24.0. The van der Waals surface area contributed by atoms with E-state index in [1.807, 2.05) is 0 Å². The molecule has 0 atom stereocenters. The SMILES string of the molecule is CCCCCCCCN(CCCCCCC)CCCCCCCC. The van der Waals surface area contributed by atoms with Gasteiger partial charge in [0.05, 0.1) is 0 Å². The van der Waals surface area contributed by atoms with E-state index >= 15 is 0 Å². The van der Waals surface area contributed by atoms with Gasteiger partial charge in [-0.15, -0.1) is 0 Å². The third kappa shape index (κ3) is 18.3. The second kappa shape index (κ2) is 21.0. The zero-order valence-electron chi connectivity index (χ0n) is 17.6. The lowest BCUT2D eigenvalue weighted by Crippen LogP contribution is -2.27. The van der Waals surface area contributed by atoms with Gasteiger partial charge in [0.15, 0.2) is 0 Å². The molecule has 0 bridgehead atoms. The van der Waals surface area contributed by atoms with Crippen LogP contribution in [0.15, 0.2) is 0 Å². The number of rotatable bonds is 20. The van der Waals surface area contributed by atoms with E-state index in [0.717, 1.165) is 0 Å². The predicted octanol–water partition coefficient (Wildman–Crippen LogP) is 7.98. The summed E-state index contributed by atoms with van der Waals surface area (Å²) in [5, 5.41) is 0. The fourth-order valence-electron chi connectivity index (χ4n) is 3.51. The molecule has 0 aliphatic rings. The monoisotopic (exact) mass is 339 g/mol. The molecular weight excluding hydrogens is 290 g/mol. The molecule has 1 heteroatoms. The summed E-state index contributed by atoms with van der Waals surface area (Å²) in [5.74, 6) is 0. The number of hydrogen-bond acceptors (Lipinski definition) is 1. The van der Waals surface area contributed by atoms with Crippen LogP contribution in [0, 0.1) is 0 Å². The fourth-order valence-corrected chi connectivity index (χ4v) is 3.51. The van der Waals surface area contributed by atoms with Gasteiger partial charge < -0.3 is 4.90 Å². The molecule has 1 nitrogen and oxygen atoms in total. The molecule has 0 aromatic heterocycles. The van der Waals surface area contributed by atoms with Gasteiger partial charge in [0, 0.05) is 0 Å². The molecule has 0 rings (SSSR count). The summed E-state index contributed by atoms with van der Waals surface area (Å²) in [5.41, 5.74) is 0. The highest BCUT2D eigenvalue weighted by atomic mass is 15.1. The van der Waals surface area contributed by atoms with Crippen molar-refractivity contribution in [2.24, 2.45) is 0 Å². The zero-order valence-corrected chi connectivity index (χ0v) is 17.6. The van der Waals surface area contributed by atoms with Crippen LogP contribution in [0.5, 0.6) is 0 Å². The third-order valence-electron chi connectivity index (χ3n) is 5.23. The molecule has 0 fully saturated rings.